The second-order valence-corrected chi connectivity index (χ2v) is 4.64. The van der Waals surface area contributed by atoms with E-state index in [1.54, 1.807) is 0 Å². The third kappa shape index (κ3) is 1.36. The van der Waals surface area contributed by atoms with Crippen LogP contribution in [0.4, 0.5) is 0 Å². The van der Waals surface area contributed by atoms with E-state index in [-0.39, 0.29) is 6.04 Å². The van der Waals surface area contributed by atoms with Crippen LogP contribution in [-0.2, 0) is 7.05 Å². The van der Waals surface area contributed by atoms with E-state index < -0.39 is 0 Å². The van der Waals surface area contributed by atoms with Crippen molar-refractivity contribution in [3.05, 3.63) is 36.0 Å². The van der Waals surface area contributed by atoms with E-state index in [0.29, 0.717) is 5.92 Å². The molecule has 1 aromatic carbocycles. The standard InChI is InChI=1S/C13H17N3/c1-16-8-11(10-6-15-7-12(10)14)9-4-2-3-5-13(9)16/h2-5,8,10,12,15H,6-7,14H2,1H3. The lowest BCUT2D eigenvalue weighted by Crippen LogP contribution is -2.27. The predicted octanol–water partition coefficient (Wildman–Crippen LogP) is 1.19. The van der Waals surface area contributed by atoms with Gasteiger partial charge in [0, 0.05) is 49.2 Å². The molecule has 0 spiro atoms. The smallest absolute Gasteiger partial charge is 0.0480 e. The maximum atomic E-state index is 6.14. The maximum Gasteiger partial charge on any atom is 0.0480 e. The molecule has 1 aliphatic heterocycles. The van der Waals surface area contributed by atoms with Gasteiger partial charge in [0.25, 0.3) is 0 Å². The first-order valence-corrected chi connectivity index (χ1v) is 5.77. The molecule has 3 N–H and O–H groups in total. The number of fused-ring (bicyclic) bond motifs is 1. The SMILES string of the molecule is Cn1cc(C2CNCC2N)c2ccccc21. The van der Waals surface area contributed by atoms with E-state index in [0.717, 1.165) is 13.1 Å². The predicted molar refractivity (Wildman–Crippen MR) is 66.5 cm³/mol. The summed E-state index contributed by atoms with van der Waals surface area (Å²) in [5.41, 5.74) is 8.81. The first-order valence-electron chi connectivity index (χ1n) is 5.77. The van der Waals surface area contributed by atoms with Crippen LogP contribution >= 0.6 is 0 Å². The Morgan fingerprint density at radius 3 is 2.88 bits per heavy atom. The molecule has 1 fully saturated rings. The van der Waals surface area contributed by atoms with Crippen LogP contribution in [0.3, 0.4) is 0 Å². The highest BCUT2D eigenvalue weighted by Crippen LogP contribution is 2.30. The molecule has 1 aliphatic rings. The lowest BCUT2D eigenvalue weighted by molar-refractivity contribution is 0.655. The van der Waals surface area contributed by atoms with Crippen LogP contribution in [0.5, 0.6) is 0 Å². The van der Waals surface area contributed by atoms with Gasteiger partial charge in [0.1, 0.15) is 0 Å². The number of nitrogens with zero attached hydrogens (tertiary/aromatic N) is 1. The molecule has 2 heterocycles. The molecule has 1 saturated heterocycles. The van der Waals surface area contributed by atoms with E-state index in [1.807, 2.05) is 0 Å². The van der Waals surface area contributed by atoms with Gasteiger partial charge in [-0.1, -0.05) is 18.2 Å². The second kappa shape index (κ2) is 3.61. The third-order valence-electron chi connectivity index (χ3n) is 3.59. The van der Waals surface area contributed by atoms with Crippen LogP contribution in [0.15, 0.2) is 30.5 Å². The van der Waals surface area contributed by atoms with Gasteiger partial charge < -0.3 is 15.6 Å². The first kappa shape index (κ1) is 9.87. The number of aryl methyl sites for hydroxylation is 1. The first-order chi connectivity index (χ1) is 7.77. The number of aromatic nitrogens is 1. The van der Waals surface area contributed by atoms with Crippen molar-refractivity contribution in [2.24, 2.45) is 12.8 Å². The van der Waals surface area contributed by atoms with Crippen molar-refractivity contribution < 1.29 is 0 Å². The second-order valence-electron chi connectivity index (χ2n) is 4.64. The van der Waals surface area contributed by atoms with Gasteiger partial charge in [-0.2, -0.15) is 0 Å². The summed E-state index contributed by atoms with van der Waals surface area (Å²) >= 11 is 0. The Bertz CT molecular complexity index is 515. The monoisotopic (exact) mass is 215 g/mol. The number of hydrogen-bond acceptors (Lipinski definition) is 2. The van der Waals surface area contributed by atoms with Crippen molar-refractivity contribution in [1.82, 2.24) is 9.88 Å². The zero-order chi connectivity index (χ0) is 11.1. The maximum absolute atomic E-state index is 6.14. The largest absolute Gasteiger partial charge is 0.350 e. The fraction of sp³-hybridized carbons (Fsp3) is 0.385. The molecule has 1 aromatic heterocycles. The summed E-state index contributed by atoms with van der Waals surface area (Å²) in [6, 6.07) is 8.77. The fourth-order valence-corrected chi connectivity index (χ4v) is 2.71. The fourth-order valence-electron chi connectivity index (χ4n) is 2.71. The quantitative estimate of drug-likeness (QED) is 0.750. The van der Waals surface area contributed by atoms with Gasteiger partial charge in [-0.3, -0.25) is 0 Å². The van der Waals surface area contributed by atoms with E-state index in [4.69, 9.17) is 5.73 Å². The average molecular weight is 215 g/mol. The summed E-state index contributed by atoms with van der Waals surface area (Å²) in [4.78, 5) is 0. The summed E-state index contributed by atoms with van der Waals surface area (Å²) in [5.74, 6) is 0.450. The van der Waals surface area contributed by atoms with Crippen molar-refractivity contribution >= 4 is 10.9 Å². The van der Waals surface area contributed by atoms with Gasteiger partial charge >= 0.3 is 0 Å². The van der Waals surface area contributed by atoms with Gasteiger partial charge in [0.15, 0.2) is 0 Å². The Labute approximate surface area is 95.2 Å². The highest BCUT2D eigenvalue weighted by molar-refractivity contribution is 5.84. The minimum atomic E-state index is 0.241. The van der Waals surface area contributed by atoms with Crippen LogP contribution in [0.2, 0.25) is 0 Å². The van der Waals surface area contributed by atoms with Crippen LogP contribution < -0.4 is 11.1 Å². The molecule has 0 radical (unpaired) electrons. The number of para-hydroxylation sites is 1. The minimum Gasteiger partial charge on any atom is -0.350 e. The minimum absolute atomic E-state index is 0.241. The molecule has 0 bridgehead atoms. The van der Waals surface area contributed by atoms with Gasteiger partial charge in [-0.25, -0.2) is 0 Å². The highest BCUT2D eigenvalue weighted by Gasteiger charge is 2.27. The number of benzene rings is 1. The Morgan fingerprint density at radius 1 is 1.31 bits per heavy atom. The van der Waals surface area contributed by atoms with Crippen LogP contribution in [0.1, 0.15) is 11.5 Å². The van der Waals surface area contributed by atoms with Gasteiger partial charge in [0.05, 0.1) is 0 Å². The summed E-state index contributed by atoms with van der Waals surface area (Å²) in [6.45, 7) is 1.92. The number of nitrogens with one attached hydrogen (secondary N) is 1. The van der Waals surface area contributed by atoms with Crippen LogP contribution in [0.25, 0.3) is 10.9 Å². The molecular formula is C13H17N3. The Morgan fingerprint density at radius 2 is 2.12 bits per heavy atom. The average Bonchev–Trinajstić information content (AvgIpc) is 2.84. The third-order valence-corrected chi connectivity index (χ3v) is 3.59. The summed E-state index contributed by atoms with van der Waals surface area (Å²) in [7, 11) is 2.10. The van der Waals surface area contributed by atoms with Crippen LogP contribution in [-0.4, -0.2) is 23.7 Å². The van der Waals surface area contributed by atoms with Gasteiger partial charge in [-0.05, 0) is 11.6 Å². The Hall–Kier alpha value is -1.32. The molecule has 3 nitrogen and oxygen atoms in total. The van der Waals surface area contributed by atoms with E-state index in [2.05, 4.69) is 47.4 Å². The zero-order valence-corrected chi connectivity index (χ0v) is 9.48. The summed E-state index contributed by atoms with van der Waals surface area (Å²) < 4.78 is 2.19. The summed E-state index contributed by atoms with van der Waals surface area (Å²) in [6.07, 6.45) is 2.22. The van der Waals surface area contributed by atoms with Crippen molar-refractivity contribution in [3.8, 4) is 0 Å². The van der Waals surface area contributed by atoms with Crippen molar-refractivity contribution in [2.75, 3.05) is 13.1 Å². The molecule has 2 unspecified atom stereocenters. The number of rotatable bonds is 1. The molecule has 2 atom stereocenters. The molecule has 3 heteroatoms. The van der Waals surface area contributed by atoms with Gasteiger partial charge in [-0.15, -0.1) is 0 Å². The van der Waals surface area contributed by atoms with Crippen molar-refractivity contribution in [2.45, 2.75) is 12.0 Å². The normalized spacial score (nSPS) is 25.4. The topological polar surface area (TPSA) is 43.0 Å². The number of nitrogens with two attached hydrogens (primary N) is 1. The zero-order valence-electron chi connectivity index (χ0n) is 9.48. The van der Waals surface area contributed by atoms with E-state index >= 15 is 0 Å². The molecular weight excluding hydrogens is 198 g/mol. The molecule has 3 rings (SSSR count). The van der Waals surface area contributed by atoms with E-state index in [1.165, 1.54) is 16.5 Å². The van der Waals surface area contributed by atoms with Gasteiger partial charge in [0.2, 0.25) is 0 Å². The number of hydrogen-bond donors (Lipinski definition) is 2. The van der Waals surface area contributed by atoms with Crippen molar-refractivity contribution in [3.63, 3.8) is 0 Å². The Balaban J connectivity index is 2.16. The Kier molecular flexibility index (Phi) is 2.23. The van der Waals surface area contributed by atoms with Crippen molar-refractivity contribution in [1.29, 1.82) is 0 Å². The molecule has 16 heavy (non-hydrogen) atoms. The lowest BCUT2D eigenvalue weighted by atomic mass is 9.94. The summed E-state index contributed by atoms with van der Waals surface area (Å²) in [5, 5.41) is 4.70. The van der Waals surface area contributed by atoms with Crippen LogP contribution in [0, 0.1) is 0 Å². The molecule has 0 saturated carbocycles. The van der Waals surface area contributed by atoms with E-state index in [9.17, 15) is 0 Å². The molecule has 84 valence electrons. The molecule has 0 amide bonds. The molecule has 2 aromatic rings. The lowest BCUT2D eigenvalue weighted by Gasteiger charge is -2.12. The highest BCUT2D eigenvalue weighted by atomic mass is 15.0. The molecule has 0 aliphatic carbocycles.